The standard InChI is InChI=1S/C20H26O5/c1-6-12(3)18(21)23-14-9-11(2)7-8-16-20(5,25-16)10-15-17(14)13(4)19(22)24-15/h6,9,14-17H,4,7-8,10H2,1-3,5H3/t14-,15+,16-,17-,20+/m1/s1. The summed E-state index contributed by atoms with van der Waals surface area (Å²) in [6.07, 6.45) is 5.27. The molecule has 2 saturated heterocycles. The molecule has 5 nitrogen and oxygen atoms in total. The highest BCUT2D eigenvalue weighted by Crippen LogP contribution is 2.48. The number of rotatable bonds is 2. The van der Waals surface area contributed by atoms with Crippen LogP contribution in [0.5, 0.6) is 0 Å². The molecule has 0 unspecified atom stereocenters. The minimum atomic E-state index is -0.565. The van der Waals surface area contributed by atoms with Crippen molar-refractivity contribution < 1.29 is 23.8 Å². The summed E-state index contributed by atoms with van der Waals surface area (Å²) in [6, 6.07) is 0. The van der Waals surface area contributed by atoms with E-state index in [0.29, 0.717) is 17.6 Å². The van der Waals surface area contributed by atoms with Crippen LogP contribution in [0.15, 0.2) is 35.5 Å². The third-order valence-electron chi connectivity index (χ3n) is 5.57. The van der Waals surface area contributed by atoms with Gasteiger partial charge in [0.2, 0.25) is 0 Å². The van der Waals surface area contributed by atoms with Crippen molar-refractivity contribution in [3.8, 4) is 0 Å². The number of carbonyl (C=O) groups excluding carboxylic acids is 2. The molecule has 0 aromatic rings. The van der Waals surface area contributed by atoms with E-state index >= 15 is 0 Å². The van der Waals surface area contributed by atoms with Gasteiger partial charge in [-0.2, -0.15) is 0 Å². The predicted octanol–water partition coefficient (Wildman–Crippen LogP) is 3.25. The lowest BCUT2D eigenvalue weighted by molar-refractivity contribution is -0.145. The second-order valence-electron chi connectivity index (χ2n) is 7.51. The molecular formula is C20H26O5. The lowest BCUT2D eigenvalue weighted by Gasteiger charge is -2.27. The van der Waals surface area contributed by atoms with Crippen LogP contribution in [0.4, 0.5) is 0 Å². The van der Waals surface area contributed by atoms with Gasteiger partial charge in [0.05, 0.1) is 17.6 Å². The highest BCUT2D eigenvalue weighted by Gasteiger charge is 2.57. The maximum absolute atomic E-state index is 12.3. The van der Waals surface area contributed by atoms with Gasteiger partial charge in [-0.05, 0) is 46.6 Å². The Labute approximate surface area is 148 Å². The van der Waals surface area contributed by atoms with E-state index < -0.39 is 12.1 Å². The summed E-state index contributed by atoms with van der Waals surface area (Å²) >= 11 is 0. The van der Waals surface area contributed by atoms with Crippen LogP contribution >= 0.6 is 0 Å². The zero-order chi connectivity index (χ0) is 18.4. The van der Waals surface area contributed by atoms with Crippen molar-refractivity contribution in [2.24, 2.45) is 5.92 Å². The first-order valence-corrected chi connectivity index (χ1v) is 8.84. The van der Waals surface area contributed by atoms with Crippen molar-refractivity contribution in [2.75, 3.05) is 0 Å². The molecule has 0 N–H and O–H groups in total. The molecule has 0 saturated carbocycles. The van der Waals surface area contributed by atoms with Gasteiger partial charge in [-0.1, -0.05) is 18.2 Å². The van der Waals surface area contributed by atoms with E-state index in [1.165, 1.54) is 0 Å². The number of fused-ring (bicyclic) bond motifs is 2. The van der Waals surface area contributed by atoms with Gasteiger partial charge in [-0.3, -0.25) is 0 Å². The van der Waals surface area contributed by atoms with E-state index in [1.54, 1.807) is 19.9 Å². The van der Waals surface area contributed by atoms with Gasteiger partial charge in [0, 0.05) is 17.6 Å². The summed E-state index contributed by atoms with van der Waals surface area (Å²) in [5.41, 5.74) is 1.74. The first-order chi connectivity index (χ1) is 11.7. The average Bonchev–Trinajstić information content (AvgIpc) is 3.11. The molecule has 0 aromatic carbocycles. The molecule has 136 valence electrons. The van der Waals surface area contributed by atoms with Crippen LogP contribution in [0.1, 0.15) is 47.0 Å². The van der Waals surface area contributed by atoms with Crippen LogP contribution in [0.25, 0.3) is 0 Å². The summed E-state index contributed by atoms with van der Waals surface area (Å²) in [5.74, 6) is -1.17. The van der Waals surface area contributed by atoms with E-state index in [1.807, 2.05) is 13.0 Å². The second kappa shape index (κ2) is 6.45. The Morgan fingerprint density at radius 2 is 2.20 bits per heavy atom. The molecule has 2 heterocycles. The molecular weight excluding hydrogens is 320 g/mol. The van der Waals surface area contributed by atoms with Crippen molar-refractivity contribution in [3.05, 3.63) is 35.5 Å². The van der Waals surface area contributed by atoms with Gasteiger partial charge in [-0.25, -0.2) is 9.59 Å². The van der Waals surface area contributed by atoms with Gasteiger partial charge in [0.15, 0.2) is 0 Å². The lowest BCUT2D eigenvalue weighted by atomic mass is 9.83. The van der Waals surface area contributed by atoms with Crippen molar-refractivity contribution in [3.63, 3.8) is 0 Å². The Morgan fingerprint density at radius 1 is 1.48 bits per heavy atom. The third kappa shape index (κ3) is 3.43. The zero-order valence-corrected chi connectivity index (χ0v) is 15.3. The maximum Gasteiger partial charge on any atom is 0.334 e. The van der Waals surface area contributed by atoms with Gasteiger partial charge in [0.1, 0.15) is 12.2 Å². The van der Waals surface area contributed by atoms with Gasteiger partial charge in [0.25, 0.3) is 0 Å². The topological polar surface area (TPSA) is 65.1 Å². The number of esters is 2. The van der Waals surface area contributed by atoms with E-state index in [9.17, 15) is 9.59 Å². The Bertz CT molecular complexity index is 674. The van der Waals surface area contributed by atoms with Crippen molar-refractivity contribution in [1.29, 1.82) is 0 Å². The van der Waals surface area contributed by atoms with Crippen LogP contribution in [0.3, 0.4) is 0 Å². The summed E-state index contributed by atoms with van der Waals surface area (Å²) in [6.45, 7) is 11.5. The maximum atomic E-state index is 12.3. The molecule has 5 atom stereocenters. The first kappa shape index (κ1) is 17.9. The summed E-state index contributed by atoms with van der Waals surface area (Å²) in [4.78, 5) is 24.4. The largest absolute Gasteiger partial charge is 0.458 e. The Kier molecular flexibility index (Phi) is 4.62. The van der Waals surface area contributed by atoms with Crippen LogP contribution in [-0.2, 0) is 23.8 Å². The minimum Gasteiger partial charge on any atom is -0.458 e. The van der Waals surface area contributed by atoms with E-state index in [2.05, 4.69) is 13.5 Å². The lowest BCUT2D eigenvalue weighted by Crippen LogP contribution is -2.35. The zero-order valence-electron chi connectivity index (χ0n) is 15.3. The number of ether oxygens (including phenoxy) is 3. The third-order valence-corrected chi connectivity index (χ3v) is 5.57. The van der Waals surface area contributed by atoms with Crippen LogP contribution < -0.4 is 0 Å². The molecule has 2 aliphatic heterocycles. The molecule has 0 radical (unpaired) electrons. The normalized spacial score (nSPS) is 38.2. The molecule has 5 heteroatoms. The minimum absolute atomic E-state index is 0.188. The highest BCUT2D eigenvalue weighted by atomic mass is 16.6. The molecule has 3 aliphatic rings. The summed E-state index contributed by atoms with van der Waals surface area (Å²) in [7, 11) is 0. The Hall–Kier alpha value is -1.88. The fraction of sp³-hybridized carbons (Fsp3) is 0.600. The number of carbonyl (C=O) groups is 2. The summed E-state index contributed by atoms with van der Waals surface area (Å²) in [5, 5.41) is 0. The van der Waals surface area contributed by atoms with E-state index in [4.69, 9.17) is 14.2 Å². The molecule has 0 aromatic heterocycles. The number of hydrogen-bond donors (Lipinski definition) is 0. The van der Waals surface area contributed by atoms with Crippen LogP contribution in [-0.4, -0.2) is 35.9 Å². The van der Waals surface area contributed by atoms with Crippen LogP contribution in [0, 0.1) is 5.92 Å². The smallest absolute Gasteiger partial charge is 0.334 e. The Morgan fingerprint density at radius 3 is 2.88 bits per heavy atom. The molecule has 1 aliphatic carbocycles. The molecule has 2 fully saturated rings. The molecule has 0 amide bonds. The SMILES string of the molecule is C=C1C(=O)O[C@H]2C[C@]3(C)O[C@@H]3CCC(C)=C[C@@H](OC(=O)C(C)=CC)[C@@H]12. The van der Waals surface area contributed by atoms with Gasteiger partial charge < -0.3 is 14.2 Å². The molecule has 0 spiro atoms. The first-order valence-electron chi connectivity index (χ1n) is 8.84. The van der Waals surface area contributed by atoms with Crippen LogP contribution in [0.2, 0.25) is 0 Å². The van der Waals surface area contributed by atoms with Crippen molar-refractivity contribution in [1.82, 2.24) is 0 Å². The van der Waals surface area contributed by atoms with E-state index in [0.717, 1.165) is 18.4 Å². The van der Waals surface area contributed by atoms with Gasteiger partial charge >= 0.3 is 11.9 Å². The molecule has 0 bridgehead atoms. The monoisotopic (exact) mass is 346 g/mol. The number of hydrogen-bond acceptors (Lipinski definition) is 5. The predicted molar refractivity (Wildman–Crippen MR) is 92.7 cm³/mol. The summed E-state index contributed by atoms with van der Waals surface area (Å²) < 4.78 is 17.2. The number of epoxide rings is 1. The Balaban J connectivity index is 1.94. The van der Waals surface area contributed by atoms with Crippen molar-refractivity contribution in [2.45, 2.75) is 70.9 Å². The fourth-order valence-corrected chi connectivity index (χ4v) is 3.73. The van der Waals surface area contributed by atoms with E-state index in [-0.39, 0.29) is 29.7 Å². The van der Waals surface area contributed by atoms with Crippen molar-refractivity contribution >= 4 is 11.9 Å². The highest BCUT2D eigenvalue weighted by molar-refractivity contribution is 5.91. The fourth-order valence-electron chi connectivity index (χ4n) is 3.73. The quantitative estimate of drug-likeness (QED) is 0.332. The second-order valence-corrected chi connectivity index (χ2v) is 7.51. The average molecular weight is 346 g/mol. The number of allylic oxidation sites excluding steroid dienone is 2. The molecule has 25 heavy (non-hydrogen) atoms. The molecule has 3 rings (SSSR count). The van der Waals surface area contributed by atoms with Gasteiger partial charge in [-0.15, -0.1) is 0 Å².